The van der Waals surface area contributed by atoms with Crippen molar-refractivity contribution in [3.05, 3.63) is 57.6 Å². The Kier molecular flexibility index (Phi) is 3.68. The molecular formula is C13H11FN4OS. The van der Waals surface area contributed by atoms with Gasteiger partial charge < -0.3 is 16.8 Å². The first-order chi connectivity index (χ1) is 9.47. The predicted octanol–water partition coefficient (Wildman–Crippen LogP) is 0.833. The van der Waals surface area contributed by atoms with Crippen molar-refractivity contribution < 1.29 is 9.18 Å². The topological polar surface area (TPSA) is 105 Å². The number of nitrogens with one attached hydrogen (secondary N) is 1. The van der Waals surface area contributed by atoms with Crippen molar-refractivity contribution in [1.29, 1.82) is 5.26 Å². The van der Waals surface area contributed by atoms with Crippen LogP contribution in [-0.2, 0) is 4.79 Å². The van der Waals surface area contributed by atoms with E-state index in [0.29, 0.717) is 0 Å². The zero-order valence-corrected chi connectivity index (χ0v) is 11.1. The number of primary amides is 1. The Bertz CT molecular complexity index is 690. The largest absolute Gasteiger partial charge is 0.384 e. The van der Waals surface area contributed by atoms with E-state index in [2.05, 4.69) is 17.9 Å². The summed E-state index contributed by atoms with van der Waals surface area (Å²) in [6.45, 7) is 0. The average molecular weight is 290 g/mol. The molecule has 0 fully saturated rings. The quantitative estimate of drug-likeness (QED) is 0.605. The lowest BCUT2D eigenvalue weighted by atomic mass is 9.83. The molecule has 1 aliphatic heterocycles. The second-order valence-electron chi connectivity index (χ2n) is 4.15. The second kappa shape index (κ2) is 5.27. The van der Waals surface area contributed by atoms with Crippen LogP contribution >= 0.6 is 12.6 Å². The number of carbonyl (C=O) groups excluding carboxylic acids is 1. The lowest BCUT2D eigenvalue weighted by molar-refractivity contribution is -0.114. The molecule has 2 rings (SSSR count). The van der Waals surface area contributed by atoms with Gasteiger partial charge in [-0.05, 0) is 6.07 Å². The summed E-state index contributed by atoms with van der Waals surface area (Å²) < 4.78 is 14.0. The number of hydrogen-bond donors (Lipinski definition) is 4. The molecule has 1 aromatic carbocycles. The van der Waals surface area contributed by atoms with Crippen molar-refractivity contribution in [3.63, 3.8) is 0 Å². The van der Waals surface area contributed by atoms with Gasteiger partial charge in [0.25, 0.3) is 0 Å². The highest BCUT2D eigenvalue weighted by molar-refractivity contribution is 7.84. The van der Waals surface area contributed by atoms with E-state index in [4.69, 9.17) is 11.5 Å². The number of nitriles is 1. The van der Waals surface area contributed by atoms with Crippen molar-refractivity contribution in [2.45, 2.75) is 5.92 Å². The molecule has 20 heavy (non-hydrogen) atoms. The van der Waals surface area contributed by atoms with Crippen LogP contribution in [0.3, 0.4) is 0 Å². The maximum Gasteiger partial charge on any atom is 0.248 e. The summed E-state index contributed by atoms with van der Waals surface area (Å²) in [5.74, 6) is -2.29. The molecule has 7 heteroatoms. The van der Waals surface area contributed by atoms with Crippen molar-refractivity contribution in [2.75, 3.05) is 0 Å². The molecule has 1 amide bonds. The molecule has 0 unspecified atom stereocenters. The van der Waals surface area contributed by atoms with Gasteiger partial charge in [0.15, 0.2) is 0 Å². The molecule has 0 saturated carbocycles. The van der Waals surface area contributed by atoms with Gasteiger partial charge in [-0.1, -0.05) is 18.2 Å². The van der Waals surface area contributed by atoms with E-state index in [1.807, 2.05) is 6.07 Å². The normalized spacial score (nSPS) is 18.6. The summed E-state index contributed by atoms with van der Waals surface area (Å²) in [4.78, 5) is 11.6. The lowest BCUT2D eigenvalue weighted by Gasteiger charge is -2.27. The molecule has 1 aromatic rings. The molecule has 0 radical (unpaired) electrons. The number of amides is 1. The van der Waals surface area contributed by atoms with Gasteiger partial charge in [0.2, 0.25) is 5.91 Å². The van der Waals surface area contributed by atoms with Gasteiger partial charge in [0.05, 0.1) is 28.2 Å². The molecule has 1 aliphatic rings. The van der Waals surface area contributed by atoms with E-state index in [9.17, 15) is 14.4 Å². The third-order valence-corrected chi connectivity index (χ3v) is 3.33. The van der Waals surface area contributed by atoms with Gasteiger partial charge >= 0.3 is 0 Å². The van der Waals surface area contributed by atoms with Crippen LogP contribution in [-0.4, -0.2) is 5.91 Å². The number of allylic oxidation sites excluding steroid dienone is 1. The lowest BCUT2D eigenvalue weighted by Crippen LogP contribution is -2.34. The molecule has 0 saturated heterocycles. The molecule has 5 nitrogen and oxygen atoms in total. The van der Waals surface area contributed by atoms with E-state index >= 15 is 0 Å². The molecule has 1 atom stereocenters. The minimum atomic E-state index is -0.965. The van der Waals surface area contributed by atoms with Crippen LogP contribution in [0.15, 0.2) is 46.3 Å². The summed E-state index contributed by atoms with van der Waals surface area (Å²) >= 11 is 4.10. The Hall–Kier alpha value is -2.46. The Labute approximate surface area is 120 Å². The Morgan fingerprint density at radius 2 is 2.10 bits per heavy atom. The molecule has 5 N–H and O–H groups in total. The number of thiol groups is 1. The van der Waals surface area contributed by atoms with Gasteiger partial charge in [0.1, 0.15) is 11.6 Å². The number of hydrogen-bond acceptors (Lipinski definition) is 5. The predicted molar refractivity (Wildman–Crippen MR) is 74.3 cm³/mol. The fourth-order valence-corrected chi connectivity index (χ4v) is 2.46. The van der Waals surface area contributed by atoms with Gasteiger partial charge in [-0.2, -0.15) is 5.26 Å². The van der Waals surface area contributed by atoms with Crippen molar-refractivity contribution >= 4 is 18.5 Å². The fraction of sp³-hybridized carbons (Fsp3) is 0.0769. The Balaban J connectivity index is 2.71. The number of benzene rings is 1. The first kappa shape index (κ1) is 14.0. The molecule has 0 spiro atoms. The maximum absolute atomic E-state index is 14.0. The number of halogens is 1. The van der Waals surface area contributed by atoms with E-state index in [0.717, 1.165) is 0 Å². The first-order valence-corrected chi connectivity index (χ1v) is 6.06. The highest BCUT2D eigenvalue weighted by atomic mass is 32.1. The number of nitrogens with zero attached hydrogens (tertiary/aromatic N) is 1. The average Bonchev–Trinajstić information content (AvgIpc) is 2.38. The smallest absolute Gasteiger partial charge is 0.248 e. The summed E-state index contributed by atoms with van der Waals surface area (Å²) in [7, 11) is 0. The third-order valence-electron chi connectivity index (χ3n) is 2.98. The third kappa shape index (κ3) is 2.21. The zero-order chi connectivity index (χ0) is 14.9. The van der Waals surface area contributed by atoms with Crippen LogP contribution in [0.5, 0.6) is 0 Å². The first-order valence-electron chi connectivity index (χ1n) is 5.61. The zero-order valence-electron chi connectivity index (χ0n) is 10.2. The molecule has 0 aliphatic carbocycles. The van der Waals surface area contributed by atoms with Crippen LogP contribution < -0.4 is 16.8 Å². The maximum atomic E-state index is 14.0. The molecule has 102 valence electrons. The minimum absolute atomic E-state index is 0.00387. The van der Waals surface area contributed by atoms with Crippen LogP contribution in [0.1, 0.15) is 11.5 Å². The number of nitrogens with two attached hydrogens (primary N) is 2. The highest BCUT2D eigenvalue weighted by Gasteiger charge is 2.34. The summed E-state index contributed by atoms with van der Waals surface area (Å²) in [5.41, 5.74) is 11.2. The Morgan fingerprint density at radius 3 is 2.65 bits per heavy atom. The monoisotopic (exact) mass is 290 g/mol. The van der Waals surface area contributed by atoms with Crippen LogP contribution in [0.2, 0.25) is 0 Å². The van der Waals surface area contributed by atoms with Crippen LogP contribution in [0.25, 0.3) is 0 Å². The number of dihydropyridines is 1. The molecular weight excluding hydrogens is 279 g/mol. The van der Waals surface area contributed by atoms with Crippen molar-refractivity contribution in [2.24, 2.45) is 11.5 Å². The van der Waals surface area contributed by atoms with Gasteiger partial charge in [0, 0.05) is 5.56 Å². The number of carbonyl (C=O) groups is 1. The SMILES string of the molecule is N#CC1=C(N)NC(S)=C(C(N)=O)[C@H]1c1ccccc1F. The van der Waals surface area contributed by atoms with E-state index in [-0.39, 0.29) is 27.6 Å². The van der Waals surface area contributed by atoms with Gasteiger partial charge in [-0.15, -0.1) is 12.6 Å². The van der Waals surface area contributed by atoms with Crippen LogP contribution in [0.4, 0.5) is 4.39 Å². The summed E-state index contributed by atoms with van der Waals surface area (Å²) in [5, 5.41) is 11.9. The standard InChI is InChI=1S/C13H11FN4OS/c14-8-4-2-1-3-6(8)9-7(5-15)11(16)18-13(20)10(9)12(17)19/h1-4,9,18,20H,16H2,(H2,17,19)/t9-/m0/s1. The van der Waals surface area contributed by atoms with Crippen molar-refractivity contribution in [3.8, 4) is 6.07 Å². The van der Waals surface area contributed by atoms with Crippen molar-refractivity contribution in [1.82, 2.24) is 5.32 Å². The fourth-order valence-electron chi connectivity index (χ4n) is 2.10. The Morgan fingerprint density at radius 1 is 1.45 bits per heavy atom. The van der Waals surface area contributed by atoms with E-state index in [1.54, 1.807) is 6.07 Å². The van der Waals surface area contributed by atoms with Gasteiger partial charge in [-0.3, -0.25) is 4.79 Å². The van der Waals surface area contributed by atoms with E-state index in [1.165, 1.54) is 18.2 Å². The molecule has 0 bridgehead atoms. The highest BCUT2D eigenvalue weighted by Crippen LogP contribution is 2.38. The summed E-state index contributed by atoms with van der Waals surface area (Å²) in [6, 6.07) is 7.70. The number of rotatable bonds is 2. The van der Waals surface area contributed by atoms with Gasteiger partial charge in [-0.25, -0.2) is 4.39 Å². The van der Waals surface area contributed by atoms with Crippen LogP contribution in [0, 0.1) is 17.1 Å². The molecule has 0 aromatic heterocycles. The van der Waals surface area contributed by atoms with E-state index < -0.39 is 17.6 Å². The summed E-state index contributed by atoms with van der Waals surface area (Å²) in [6.07, 6.45) is 0. The molecule has 1 heterocycles. The minimum Gasteiger partial charge on any atom is -0.384 e. The second-order valence-corrected chi connectivity index (χ2v) is 4.59.